The third kappa shape index (κ3) is 3.84. The number of thiophene rings is 1. The van der Waals surface area contributed by atoms with Gasteiger partial charge in [0.15, 0.2) is 0 Å². The summed E-state index contributed by atoms with van der Waals surface area (Å²) in [5.74, 6) is 0.0487. The molecule has 1 aromatic heterocycles. The summed E-state index contributed by atoms with van der Waals surface area (Å²) in [5.41, 5.74) is 0.680. The molecular formula is C19H21N3OS. The molecule has 24 heavy (non-hydrogen) atoms. The summed E-state index contributed by atoms with van der Waals surface area (Å²) in [6.07, 6.45) is 1.54. The molecule has 1 N–H and O–H groups in total. The highest BCUT2D eigenvalue weighted by Crippen LogP contribution is 2.34. The van der Waals surface area contributed by atoms with E-state index in [1.165, 1.54) is 0 Å². The van der Waals surface area contributed by atoms with Crippen LogP contribution in [0.4, 0.5) is 0 Å². The van der Waals surface area contributed by atoms with Gasteiger partial charge >= 0.3 is 0 Å². The normalized spacial score (nSPS) is 17.1. The monoisotopic (exact) mass is 339 g/mol. The Balaban J connectivity index is 1.51. The summed E-state index contributed by atoms with van der Waals surface area (Å²) in [6, 6.07) is 16.5. The van der Waals surface area contributed by atoms with Crippen LogP contribution in [0.15, 0.2) is 47.8 Å². The lowest BCUT2D eigenvalue weighted by Gasteiger charge is -2.37. The van der Waals surface area contributed by atoms with Crippen LogP contribution in [0.2, 0.25) is 0 Å². The first-order valence-corrected chi connectivity index (χ1v) is 9.08. The Hall–Kier alpha value is -2.16. The van der Waals surface area contributed by atoms with Gasteiger partial charge in [0.2, 0.25) is 5.91 Å². The van der Waals surface area contributed by atoms with Crippen molar-refractivity contribution in [3.8, 4) is 6.07 Å². The van der Waals surface area contributed by atoms with Crippen molar-refractivity contribution in [2.45, 2.75) is 24.8 Å². The number of piperidine rings is 1. The van der Waals surface area contributed by atoms with Crippen molar-refractivity contribution < 1.29 is 4.79 Å². The number of nitriles is 1. The van der Waals surface area contributed by atoms with Crippen LogP contribution in [-0.4, -0.2) is 30.4 Å². The SMILES string of the molecule is N#CC1(c2ccccc2)CCN(CC(=O)NCc2cccs2)CC1. The molecule has 0 aliphatic carbocycles. The minimum Gasteiger partial charge on any atom is -0.350 e. The number of carbonyl (C=O) groups excluding carboxylic acids is 1. The van der Waals surface area contributed by atoms with Gasteiger partial charge in [0, 0.05) is 18.0 Å². The van der Waals surface area contributed by atoms with Crippen molar-refractivity contribution in [1.29, 1.82) is 5.26 Å². The van der Waals surface area contributed by atoms with Gasteiger partial charge in [-0.2, -0.15) is 5.26 Å². The van der Waals surface area contributed by atoms with Gasteiger partial charge in [0.05, 0.1) is 24.6 Å². The Morgan fingerprint density at radius 2 is 1.96 bits per heavy atom. The number of benzene rings is 1. The lowest BCUT2D eigenvalue weighted by atomic mass is 9.74. The Morgan fingerprint density at radius 3 is 2.58 bits per heavy atom. The number of amides is 1. The van der Waals surface area contributed by atoms with Crippen molar-refractivity contribution in [3.05, 3.63) is 58.3 Å². The lowest BCUT2D eigenvalue weighted by molar-refractivity contribution is -0.122. The maximum absolute atomic E-state index is 12.1. The topological polar surface area (TPSA) is 56.1 Å². The molecule has 0 saturated carbocycles. The first-order valence-electron chi connectivity index (χ1n) is 8.20. The summed E-state index contributed by atoms with van der Waals surface area (Å²) in [6.45, 7) is 2.54. The van der Waals surface area contributed by atoms with Crippen molar-refractivity contribution >= 4 is 17.2 Å². The molecule has 1 amide bonds. The maximum Gasteiger partial charge on any atom is 0.234 e. The molecule has 2 aromatic rings. The molecule has 1 aliphatic rings. The Kier molecular flexibility index (Phi) is 5.29. The number of carbonyl (C=O) groups is 1. The van der Waals surface area contributed by atoms with Gasteiger partial charge in [0.25, 0.3) is 0 Å². The van der Waals surface area contributed by atoms with Crippen molar-refractivity contribution in [1.82, 2.24) is 10.2 Å². The molecule has 1 aliphatic heterocycles. The van der Waals surface area contributed by atoms with Gasteiger partial charge in [-0.05, 0) is 29.9 Å². The molecule has 1 aromatic carbocycles. The van der Waals surface area contributed by atoms with Crippen molar-refractivity contribution in [3.63, 3.8) is 0 Å². The fourth-order valence-corrected chi connectivity index (χ4v) is 3.82. The van der Waals surface area contributed by atoms with E-state index in [1.54, 1.807) is 11.3 Å². The molecule has 4 nitrogen and oxygen atoms in total. The number of rotatable bonds is 5. The second-order valence-electron chi connectivity index (χ2n) is 6.19. The van der Waals surface area contributed by atoms with E-state index >= 15 is 0 Å². The fraction of sp³-hybridized carbons (Fsp3) is 0.368. The molecular weight excluding hydrogens is 318 g/mol. The molecule has 0 atom stereocenters. The van der Waals surface area contributed by atoms with E-state index in [1.807, 2.05) is 47.8 Å². The zero-order valence-electron chi connectivity index (χ0n) is 13.6. The predicted molar refractivity (Wildman–Crippen MR) is 95.6 cm³/mol. The van der Waals surface area contributed by atoms with Gasteiger partial charge in [-0.1, -0.05) is 36.4 Å². The first kappa shape index (κ1) is 16.7. The van der Waals surface area contributed by atoms with Gasteiger partial charge < -0.3 is 5.32 Å². The zero-order chi connectivity index (χ0) is 16.8. The number of hydrogen-bond acceptors (Lipinski definition) is 4. The molecule has 3 rings (SSSR count). The third-order valence-electron chi connectivity index (χ3n) is 4.66. The van der Waals surface area contributed by atoms with Crippen LogP contribution in [0.5, 0.6) is 0 Å². The van der Waals surface area contributed by atoms with Crippen LogP contribution < -0.4 is 5.32 Å². The van der Waals surface area contributed by atoms with Crippen LogP contribution >= 0.6 is 11.3 Å². The first-order chi connectivity index (χ1) is 11.7. The Bertz CT molecular complexity index is 698. The smallest absolute Gasteiger partial charge is 0.234 e. The predicted octanol–water partition coefficient (Wildman–Crippen LogP) is 2.92. The van der Waals surface area contributed by atoms with Crippen molar-refractivity contribution in [2.24, 2.45) is 0 Å². The average molecular weight is 339 g/mol. The third-order valence-corrected chi connectivity index (χ3v) is 5.53. The van der Waals surface area contributed by atoms with E-state index in [0.717, 1.165) is 36.4 Å². The fourth-order valence-electron chi connectivity index (χ4n) is 3.17. The van der Waals surface area contributed by atoms with Crippen LogP contribution in [0.1, 0.15) is 23.3 Å². The van der Waals surface area contributed by atoms with Crippen LogP contribution in [-0.2, 0) is 16.8 Å². The quantitative estimate of drug-likeness (QED) is 0.911. The number of likely N-dealkylation sites (tertiary alicyclic amines) is 1. The highest BCUT2D eigenvalue weighted by Gasteiger charge is 2.36. The largest absolute Gasteiger partial charge is 0.350 e. The second kappa shape index (κ2) is 7.61. The summed E-state index contributed by atoms with van der Waals surface area (Å²) in [5, 5.41) is 14.7. The molecule has 2 heterocycles. The zero-order valence-corrected chi connectivity index (χ0v) is 14.4. The second-order valence-corrected chi connectivity index (χ2v) is 7.22. The molecule has 0 radical (unpaired) electrons. The van der Waals surface area contributed by atoms with E-state index in [0.29, 0.717) is 13.1 Å². The number of nitrogens with one attached hydrogen (secondary N) is 1. The van der Waals surface area contributed by atoms with Crippen LogP contribution in [0.25, 0.3) is 0 Å². The van der Waals surface area contributed by atoms with E-state index in [4.69, 9.17) is 0 Å². The van der Waals surface area contributed by atoms with Gasteiger partial charge in [-0.25, -0.2) is 0 Å². The highest BCUT2D eigenvalue weighted by atomic mass is 32.1. The number of nitrogens with zero attached hydrogens (tertiary/aromatic N) is 2. The summed E-state index contributed by atoms with van der Waals surface area (Å²) in [7, 11) is 0. The Morgan fingerprint density at radius 1 is 1.21 bits per heavy atom. The lowest BCUT2D eigenvalue weighted by Crippen LogP contribution is -2.45. The molecule has 1 saturated heterocycles. The van der Waals surface area contributed by atoms with E-state index in [2.05, 4.69) is 16.3 Å². The maximum atomic E-state index is 12.1. The van der Waals surface area contributed by atoms with E-state index < -0.39 is 5.41 Å². The molecule has 124 valence electrons. The molecule has 0 bridgehead atoms. The van der Waals surface area contributed by atoms with Crippen LogP contribution in [0, 0.1) is 11.3 Å². The van der Waals surface area contributed by atoms with E-state index in [9.17, 15) is 10.1 Å². The summed E-state index contributed by atoms with van der Waals surface area (Å²) >= 11 is 1.65. The average Bonchev–Trinajstić information content (AvgIpc) is 3.15. The molecule has 5 heteroatoms. The van der Waals surface area contributed by atoms with Gasteiger partial charge in [-0.3, -0.25) is 9.69 Å². The molecule has 1 fully saturated rings. The van der Waals surface area contributed by atoms with E-state index in [-0.39, 0.29) is 5.91 Å². The summed E-state index contributed by atoms with van der Waals surface area (Å²) in [4.78, 5) is 15.4. The van der Waals surface area contributed by atoms with Gasteiger partial charge in [-0.15, -0.1) is 11.3 Å². The molecule has 0 unspecified atom stereocenters. The van der Waals surface area contributed by atoms with Crippen molar-refractivity contribution in [2.75, 3.05) is 19.6 Å². The standard InChI is InChI=1S/C19H21N3OS/c20-15-19(16-5-2-1-3-6-16)8-10-22(11-9-19)14-18(23)21-13-17-7-4-12-24-17/h1-7,12H,8-11,13-14H2,(H,21,23). The van der Waals surface area contributed by atoms with Crippen LogP contribution in [0.3, 0.4) is 0 Å². The Labute approximate surface area is 146 Å². The molecule has 0 spiro atoms. The van der Waals surface area contributed by atoms with Gasteiger partial charge in [0.1, 0.15) is 0 Å². The summed E-state index contributed by atoms with van der Waals surface area (Å²) < 4.78 is 0. The minimum atomic E-state index is -0.412. The minimum absolute atomic E-state index is 0.0487. The highest BCUT2D eigenvalue weighted by molar-refractivity contribution is 7.09. The number of hydrogen-bond donors (Lipinski definition) is 1.